The quantitative estimate of drug-likeness (QED) is 0.221. The molecule has 0 rings (SSSR count). The van der Waals surface area contributed by atoms with Crippen LogP contribution in [-0.4, -0.2) is 54.7 Å². The molecule has 0 aliphatic rings. The molecule has 0 heterocycles. The zero-order valence-corrected chi connectivity index (χ0v) is 12.1. The first-order valence-corrected chi connectivity index (χ1v) is 5.95. The van der Waals surface area contributed by atoms with Crippen LogP contribution in [0.25, 0.3) is 0 Å². The van der Waals surface area contributed by atoms with Gasteiger partial charge in [0.15, 0.2) is 0 Å². The van der Waals surface area contributed by atoms with E-state index in [1.807, 2.05) is 0 Å². The van der Waals surface area contributed by atoms with Crippen LogP contribution in [0.4, 0.5) is 0 Å². The molecule has 0 aromatic heterocycles. The van der Waals surface area contributed by atoms with Crippen molar-refractivity contribution in [1.29, 1.82) is 0 Å². The van der Waals surface area contributed by atoms with Crippen LogP contribution in [0.2, 0.25) is 0 Å². The monoisotopic (exact) mass is 255 g/mol. The first kappa shape index (κ1) is 24.0. The van der Waals surface area contributed by atoms with Crippen molar-refractivity contribution >= 4 is 57.8 Å². The van der Waals surface area contributed by atoms with Crippen LogP contribution in [0.1, 0.15) is 26.7 Å². The molecule has 0 aliphatic carbocycles. The summed E-state index contributed by atoms with van der Waals surface area (Å²) >= 11 is 1.64. The minimum atomic E-state index is -3.37. The Labute approximate surface area is 115 Å². The third-order valence-corrected chi connectivity index (χ3v) is 2.29. The van der Waals surface area contributed by atoms with E-state index in [9.17, 15) is 0 Å². The van der Waals surface area contributed by atoms with Crippen LogP contribution in [0.3, 0.4) is 0 Å². The smallest absolute Gasteiger partial charge is 0.870 e. The van der Waals surface area contributed by atoms with Gasteiger partial charge in [-0.1, -0.05) is 18.4 Å². The summed E-state index contributed by atoms with van der Waals surface area (Å²) in [5.74, 6) is 2.79. The second-order valence-corrected chi connectivity index (χ2v) is 3.68. The van der Waals surface area contributed by atoms with Gasteiger partial charge in [0, 0.05) is 0 Å². The largest absolute Gasteiger partial charge is 2.00 e. The molecule has 0 amide bonds. The summed E-state index contributed by atoms with van der Waals surface area (Å²) in [6.45, 7) is 4.48. The summed E-state index contributed by atoms with van der Waals surface area (Å²) in [7, 11) is -3.37. The van der Waals surface area contributed by atoms with Crippen molar-refractivity contribution in [3.63, 3.8) is 0 Å². The van der Waals surface area contributed by atoms with Gasteiger partial charge in [0.25, 0.3) is 8.25 Å². The molecule has 0 aliphatic heterocycles. The van der Waals surface area contributed by atoms with E-state index in [-0.39, 0.29) is 43.2 Å². The van der Waals surface area contributed by atoms with Crippen LogP contribution in [0, 0.1) is 0 Å². The molecule has 0 bridgehead atoms. The van der Waals surface area contributed by atoms with Gasteiger partial charge in [-0.05, 0) is 24.6 Å². The molecule has 0 saturated heterocycles. The number of hydrogen-bond acceptors (Lipinski definition) is 4. The molecule has 0 radical (unpaired) electrons. The van der Waals surface area contributed by atoms with Crippen LogP contribution in [0.5, 0.6) is 0 Å². The molecule has 7 heteroatoms. The molecule has 0 unspecified atom stereocenters. The summed E-state index contributed by atoms with van der Waals surface area (Å²) in [5.41, 5.74) is 0. The number of thiol groups is 1. The molecular weight excluding hydrogens is 239 g/mol. The average molecular weight is 255 g/mol. The predicted molar refractivity (Wildman–Crippen MR) is 54.4 cm³/mol. The second-order valence-electron chi connectivity index (χ2n) is 1.89. The van der Waals surface area contributed by atoms with Gasteiger partial charge >= 0.3 is 37.7 Å². The third-order valence-electron chi connectivity index (χ3n) is 0.763. The van der Waals surface area contributed by atoms with Crippen LogP contribution in [-0.2, 0) is 16.3 Å². The van der Waals surface area contributed by atoms with Crippen molar-refractivity contribution in [2.75, 3.05) is 11.5 Å². The Balaban J connectivity index is -0.0000000600. The Morgan fingerprint density at radius 3 is 1.54 bits per heavy atom. The van der Waals surface area contributed by atoms with Crippen molar-refractivity contribution in [3.8, 4) is 0 Å². The van der Waals surface area contributed by atoms with Gasteiger partial charge < -0.3 is 15.3 Å². The third kappa shape index (κ3) is 58.4. The number of rotatable bonds is 4. The molecule has 0 saturated carbocycles. The van der Waals surface area contributed by atoms with Gasteiger partial charge in [-0.3, -0.25) is 0 Å². The Bertz CT molecular complexity index is 88.7. The van der Waals surface area contributed by atoms with E-state index in [1.165, 1.54) is 24.3 Å². The molecule has 1 N–H and O–H groups in total. The van der Waals surface area contributed by atoms with E-state index in [1.54, 1.807) is 11.8 Å². The maximum Gasteiger partial charge on any atom is 2.00 e. The normalized spacial score (nSPS) is 7.08. The van der Waals surface area contributed by atoms with Crippen molar-refractivity contribution in [2.45, 2.75) is 26.7 Å². The molecule has 0 aromatic carbocycles. The Hall–Kier alpha value is 1.59. The zero-order valence-electron chi connectivity index (χ0n) is 8.10. The summed E-state index contributed by atoms with van der Waals surface area (Å²) in [5, 5.41) is 0. The molecule has 0 atom stereocenters. The van der Waals surface area contributed by atoms with Crippen molar-refractivity contribution in [1.82, 2.24) is 0 Å². The molecule has 76 valence electrons. The molecular formula is C6H16CaO4PS+. The van der Waals surface area contributed by atoms with Crippen molar-refractivity contribution in [2.24, 2.45) is 0 Å². The van der Waals surface area contributed by atoms with E-state index >= 15 is 0 Å². The molecule has 4 nitrogen and oxygen atoms in total. The first-order valence-electron chi connectivity index (χ1n) is 3.59. The van der Waals surface area contributed by atoms with Gasteiger partial charge in [0.2, 0.25) is 0 Å². The maximum absolute atomic E-state index is 8.48. The van der Waals surface area contributed by atoms with Gasteiger partial charge in [0.1, 0.15) is 11.5 Å². The summed E-state index contributed by atoms with van der Waals surface area (Å²) in [6, 6.07) is 0. The predicted octanol–water partition coefficient (Wildman–Crippen LogP) is -0.572. The summed E-state index contributed by atoms with van der Waals surface area (Å²) in [6.07, 6.45) is 2.70. The van der Waals surface area contributed by atoms with Crippen LogP contribution < -0.4 is 9.79 Å². The van der Waals surface area contributed by atoms with E-state index in [0.29, 0.717) is 0 Å². The molecule has 0 aromatic rings. The minimum Gasteiger partial charge on any atom is -0.870 e. The van der Waals surface area contributed by atoms with Crippen molar-refractivity contribution < 1.29 is 19.8 Å². The van der Waals surface area contributed by atoms with Crippen LogP contribution >= 0.6 is 8.25 Å². The maximum atomic E-state index is 8.48. The fraction of sp³-hybridized carbons (Fsp3) is 1.00. The fourth-order valence-corrected chi connectivity index (χ4v) is 1.28. The Morgan fingerprint density at radius 2 is 1.38 bits per heavy atom. The standard InChI is InChI=1S/C6H14S.Ca.HO3P.H2O/c1-3-5-7-6-4-2;;1-4(2)3;/h3-6H2,1-2H3;;(H,1,2,3);1H2/q;+2;;/p-1. The fourth-order valence-electron chi connectivity index (χ4n) is 0.428. The van der Waals surface area contributed by atoms with E-state index in [2.05, 4.69) is 13.8 Å². The molecule has 13 heavy (non-hydrogen) atoms. The number of hydrogen-bond donors (Lipinski definition) is 0. The summed E-state index contributed by atoms with van der Waals surface area (Å²) < 4.78 is 8.48. The topological polar surface area (TPSA) is 93.2 Å². The molecule has 0 spiro atoms. The second kappa shape index (κ2) is 23.4. The zero-order chi connectivity index (χ0) is 9.11. The van der Waals surface area contributed by atoms with E-state index in [4.69, 9.17) is 14.4 Å². The average Bonchev–Trinajstić information content (AvgIpc) is 1.88. The Morgan fingerprint density at radius 1 is 1.15 bits per heavy atom. The first-order chi connectivity index (χ1) is 5.15. The van der Waals surface area contributed by atoms with Gasteiger partial charge in [-0.2, -0.15) is 0 Å². The van der Waals surface area contributed by atoms with Gasteiger partial charge in [0.05, 0.1) is 0 Å². The van der Waals surface area contributed by atoms with E-state index in [0.717, 1.165) is 0 Å². The van der Waals surface area contributed by atoms with Gasteiger partial charge in [-0.15, -0.1) is 0 Å². The van der Waals surface area contributed by atoms with E-state index < -0.39 is 8.25 Å². The minimum absolute atomic E-state index is 0. The summed E-state index contributed by atoms with van der Waals surface area (Å²) in [4.78, 5) is 17.0. The Kier molecular flexibility index (Phi) is 43.3. The SMILES string of the molecule is CCC[SH+]CCC.O=[P+]([O-])[O-].[Ca+2].[OH-]. The van der Waals surface area contributed by atoms with Crippen LogP contribution in [0.15, 0.2) is 0 Å². The molecule has 0 fully saturated rings. The van der Waals surface area contributed by atoms with Crippen molar-refractivity contribution in [3.05, 3.63) is 0 Å². The van der Waals surface area contributed by atoms with Gasteiger partial charge in [-0.25, -0.2) is 0 Å².